The van der Waals surface area contributed by atoms with Gasteiger partial charge in [0.05, 0.1) is 23.8 Å². The van der Waals surface area contributed by atoms with Crippen LogP contribution in [0.2, 0.25) is 0 Å². The maximum absolute atomic E-state index is 13.7. The van der Waals surface area contributed by atoms with Gasteiger partial charge in [-0.25, -0.2) is 4.39 Å². The summed E-state index contributed by atoms with van der Waals surface area (Å²) in [7, 11) is 0. The molecule has 4 heteroatoms. The fourth-order valence-electron chi connectivity index (χ4n) is 2.26. The molecule has 0 radical (unpaired) electrons. The highest BCUT2D eigenvalue weighted by atomic mass is 19.1. The summed E-state index contributed by atoms with van der Waals surface area (Å²) in [5.41, 5.74) is 0.882. The highest BCUT2D eigenvalue weighted by molar-refractivity contribution is 5.33. The molecule has 1 saturated heterocycles. The van der Waals surface area contributed by atoms with E-state index >= 15 is 0 Å². The number of halogens is 1. The molecule has 1 fully saturated rings. The van der Waals surface area contributed by atoms with Gasteiger partial charge in [-0.3, -0.25) is 4.90 Å². The van der Waals surface area contributed by atoms with E-state index in [4.69, 9.17) is 10.00 Å². The van der Waals surface area contributed by atoms with Gasteiger partial charge >= 0.3 is 0 Å². The molecule has 0 spiro atoms. The molecule has 0 saturated carbocycles. The second kappa shape index (κ2) is 5.05. The van der Waals surface area contributed by atoms with E-state index in [0.717, 1.165) is 13.1 Å². The zero-order valence-electron chi connectivity index (χ0n) is 10.7. The summed E-state index contributed by atoms with van der Waals surface area (Å²) < 4.78 is 19.3. The summed E-state index contributed by atoms with van der Waals surface area (Å²) in [5.74, 6) is -0.252. The predicted molar refractivity (Wildman–Crippen MR) is 66.4 cm³/mol. The fraction of sp³-hybridized carbons (Fsp3) is 0.500. The van der Waals surface area contributed by atoms with Crippen molar-refractivity contribution in [2.24, 2.45) is 0 Å². The summed E-state index contributed by atoms with van der Waals surface area (Å²) in [6.45, 7) is 6.80. The SMILES string of the molecule is CC1(C)CN(Cc2cc(C#N)ccc2F)CCO1. The van der Waals surface area contributed by atoms with E-state index in [9.17, 15) is 4.39 Å². The van der Waals surface area contributed by atoms with Crippen molar-refractivity contribution < 1.29 is 9.13 Å². The first-order chi connectivity index (χ1) is 8.50. The standard InChI is InChI=1S/C14H17FN2O/c1-14(2)10-17(5-6-18-14)9-12-7-11(8-16)3-4-13(12)15/h3-4,7H,5-6,9-10H2,1-2H3. The number of morpholine rings is 1. The third-order valence-corrected chi connectivity index (χ3v) is 3.07. The Morgan fingerprint density at radius 3 is 2.94 bits per heavy atom. The Morgan fingerprint density at radius 2 is 2.28 bits per heavy atom. The molecule has 1 aliphatic rings. The molecule has 1 heterocycles. The fourth-order valence-corrected chi connectivity index (χ4v) is 2.26. The molecule has 1 aromatic carbocycles. The van der Waals surface area contributed by atoms with Crippen LogP contribution in [0.15, 0.2) is 18.2 Å². The van der Waals surface area contributed by atoms with Crippen molar-refractivity contribution in [3.63, 3.8) is 0 Å². The van der Waals surface area contributed by atoms with Gasteiger partial charge in [0.1, 0.15) is 5.82 Å². The van der Waals surface area contributed by atoms with Crippen molar-refractivity contribution >= 4 is 0 Å². The molecule has 3 nitrogen and oxygen atoms in total. The van der Waals surface area contributed by atoms with Crippen LogP contribution < -0.4 is 0 Å². The highest BCUT2D eigenvalue weighted by Crippen LogP contribution is 2.20. The molecule has 0 bridgehead atoms. The van der Waals surface area contributed by atoms with Crippen LogP contribution in [0.25, 0.3) is 0 Å². The van der Waals surface area contributed by atoms with Gasteiger partial charge in [-0.05, 0) is 32.0 Å². The maximum atomic E-state index is 13.7. The van der Waals surface area contributed by atoms with Gasteiger partial charge in [0.2, 0.25) is 0 Å². The molecule has 0 aromatic heterocycles. The molecular formula is C14H17FN2O. The lowest BCUT2D eigenvalue weighted by Gasteiger charge is -2.38. The van der Waals surface area contributed by atoms with Crippen molar-refractivity contribution in [2.75, 3.05) is 19.7 Å². The van der Waals surface area contributed by atoms with Gasteiger partial charge in [-0.1, -0.05) is 0 Å². The molecule has 18 heavy (non-hydrogen) atoms. The Bertz CT molecular complexity index is 479. The molecule has 2 rings (SSSR count). The van der Waals surface area contributed by atoms with Crippen molar-refractivity contribution in [3.8, 4) is 6.07 Å². The highest BCUT2D eigenvalue weighted by Gasteiger charge is 2.27. The van der Waals surface area contributed by atoms with E-state index in [1.807, 2.05) is 19.9 Å². The van der Waals surface area contributed by atoms with Gasteiger partial charge in [0.25, 0.3) is 0 Å². The number of rotatable bonds is 2. The molecule has 0 aliphatic carbocycles. The average molecular weight is 248 g/mol. The third-order valence-electron chi connectivity index (χ3n) is 3.07. The van der Waals surface area contributed by atoms with Crippen molar-refractivity contribution in [1.82, 2.24) is 4.90 Å². The molecule has 0 unspecified atom stereocenters. The molecule has 1 aromatic rings. The van der Waals surface area contributed by atoms with Gasteiger partial charge in [-0.2, -0.15) is 5.26 Å². The lowest BCUT2D eigenvalue weighted by atomic mass is 10.1. The lowest BCUT2D eigenvalue weighted by Crippen LogP contribution is -2.47. The van der Waals surface area contributed by atoms with E-state index in [-0.39, 0.29) is 11.4 Å². The number of benzene rings is 1. The minimum atomic E-state index is -0.252. The molecule has 1 aliphatic heterocycles. The quantitative estimate of drug-likeness (QED) is 0.805. The minimum absolute atomic E-state index is 0.193. The predicted octanol–water partition coefficient (Wildman–Crippen LogP) is 2.31. The summed E-state index contributed by atoms with van der Waals surface area (Å²) in [6, 6.07) is 6.52. The summed E-state index contributed by atoms with van der Waals surface area (Å²) in [4.78, 5) is 2.16. The number of nitriles is 1. The maximum Gasteiger partial charge on any atom is 0.127 e. The first kappa shape index (κ1) is 13.0. The van der Waals surface area contributed by atoms with Crippen LogP contribution in [-0.2, 0) is 11.3 Å². The van der Waals surface area contributed by atoms with Crippen LogP contribution in [0.3, 0.4) is 0 Å². The van der Waals surface area contributed by atoms with E-state index in [1.165, 1.54) is 12.1 Å². The largest absolute Gasteiger partial charge is 0.373 e. The number of hydrogen-bond donors (Lipinski definition) is 0. The smallest absolute Gasteiger partial charge is 0.127 e. The van der Waals surface area contributed by atoms with E-state index in [1.54, 1.807) is 6.07 Å². The lowest BCUT2D eigenvalue weighted by molar-refractivity contribution is -0.0884. The minimum Gasteiger partial charge on any atom is -0.373 e. The van der Waals surface area contributed by atoms with Gasteiger partial charge in [0, 0.05) is 25.2 Å². The summed E-state index contributed by atoms with van der Waals surface area (Å²) in [6.07, 6.45) is 0. The van der Waals surface area contributed by atoms with Crippen molar-refractivity contribution in [1.29, 1.82) is 5.26 Å². The van der Waals surface area contributed by atoms with Gasteiger partial charge in [0.15, 0.2) is 0 Å². The first-order valence-corrected chi connectivity index (χ1v) is 6.05. The van der Waals surface area contributed by atoms with Crippen LogP contribution in [0.5, 0.6) is 0 Å². The van der Waals surface area contributed by atoms with Crippen LogP contribution in [0.4, 0.5) is 4.39 Å². The summed E-state index contributed by atoms with van der Waals surface area (Å²) >= 11 is 0. The second-order valence-corrected chi connectivity index (χ2v) is 5.24. The van der Waals surface area contributed by atoms with Crippen LogP contribution in [-0.4, -0.2) is 30.2 Å². The van der Waals surface area contributed by atoms with Crippen LogP contribution >= 0.6 is 0 Å². The zero-order chi connectivity index (χ0) is 13.2. The van der Waals surface area contributed by atoms with Crippen LogP contribution in [0.1, 0.15) is 25.0 Å². The normalized spacial score (nSPS) is 19.4. The Morgan fingerprint density at radius 1 is 1.50 bits per heavy atom. The Kier molecular flexibility index (Phi) is 3.65. The third kappa shape index (κ3) is 3.06. The molecule has 96 valence electrons. The molecule has 0 amide bonds. The Balaban J connectivity index is 2.12. The summed E-state index contributed by atoms with van der Waals surface area (Å²) in [5, 5.41) is 8.84. The Labute approximate surface area is 107 Å². The molecule has 0 N–H and O–H groups in total. The number of hydrogen-bond acceptors (Lipinski definition) is 3. The van der Waals surface area contributed by atoms with E-state index in [0.29, 0.717) is 24.3 Å². The second-order valence-electron chi connectivity index (χ2n) is 5.24. The topological polar surface area (TPSA) is 36.3 Å². The van der Waals surface area contributed by atoms with Crippen molar-refractivity contribution in [3.05, 3.63) is 35.1 Å². The Hall–Kier alpha value is -1.44. The van der Waals surface area contributed by atoms with Crippen molar-refractivity contribution in [2.45, 2.75) is 26.0 Å². The van der Waals surface area contributed by atoms with E-state index < -0.39 is 0 Å². The van der Waals surface area contributed by atoms with Crippen LogP contribution in [0, 0.1) is 17.1 Å². The zero-order valence-corrected chi connectivity index (χ0v) is 10.7. The van der Waals surface area contributed by atoms with Gasteiger partial charge in [-0.15, -0.1) is 0 Å². The monoisotopic (exact) mass is 248 g/mol. The molecular weight excluding hydrogens is 231 g/mol. The van der Waals surface area contributed by atoms with E-state index in [2.05, 4.69) is 4.90 Å². The van der Waals surface area contributed by atoms with Gasteiger partial charge < -0.3 is 4.74 Å². The first-order valence-electron chi connectivity index (χ1n) is 6.05. The average Bonchev–Trinajstić information content (AvgIpc) is 2.31. The molecule has 0 atom stereocenters. The number of ether oxygens (including phenoxy) is 1. The number of nitrogens with zero attached hydrogens (tertiary/aromatic N) is 2.